The molecule has 6 nitrogen and oxygen atoms in total. The van der Waals surface area contributed by atoms with Crippen LogP contribution in [0.25, 0.3) is 0 Å². The monoisotopic (exact) mass is 384 g/mol. The van der Waals surface area contributed by atoms with Crippen LogP contribution in [-0.2, 0) is 11.2 Å². The first-order valence-corrected chi connectivity index (χ1v) is 9.89. The van der Waals surface area contributed by atoms with Gasteiger partial charge in [0.2, 0.25) is 5.91 Å². The number of nitrogens with one attached hydrogen (secondary N) is 1. The van der Waals surface area contributed by atoms with Crippen molar-refractivity contribution in [3.8, 4) is 5.75 Å². The van der Waals surface area contributed by atoms with Crippen molar-refractivity contribution in [2.24, 2.45) is 5.92 Å². The maximum absolute atomic E-state index is 12.4. The van der Waals surface area contributed by atoms with Crippen LogP contribution in [-0.4, -0.2) is 42.5 Å². The van der Waals surface area contributed by atoms with Gasteiger partial charge >= 0.3 is 0 Å². The molecule has 0 atom stereocenters. The molecule has 0 radical (unpaired) electrons. The summed E-state index contributed by atoms with van der Waals surface area (Å²) < 4.78 is 10.8. The minimum atomic E-state index is -0.103. The molecule has 28 heavy (non-hydrogen) atoms. The molecule has 2 aromatic rings. The SMILES string of the molecule is CC(C)Oc1ccc(CCNC(=O)C2CCN(C(=O)c3ccco3)CC2)cc1. The summed E-state index contributed by atoms with van der Waals surface area (Å²) in [4.78, 5) is 26.4. The molecule has 1 saturated heterocycles. The van der Waals surface area contributed by atoms with E-state index in [1.807, 2.05) is 38.1 Å². The van der Waals surface area contributed by atoms with Gasteiger partial charge in [0.1, 0.15) is 5.75 Å². The minimum Gasteiger partial charge on any atom is -0.491 e. The van der Waals surface area contributed by atoms with E-state index in [4.69, 9.17) is 9.15 Å². The van der Waals surface area contributed by atoms with Crippen LogP contribution in [0.3, 0.4) is 0 Å². The van der Waals surface area contributed by atoms with Crippen molar-refractivity contribution in [1.29, 1.82) is 0 Å². The Kier molecular flexibility index (Phi) is 6.74. The largest absolute Gasteiger partial charge is 0.491 e. The van der Waals surface area contributed by atoms with Crippen LogP contribution in [0.4, 0.5) is 0 Å². The van der Waals surface area contributed by atoms with Gasteiger partial charge in [-0.15, -0.1) is 0 Å². The lowest BCUT2D eigenvalue weighted by molar-refractivity contribution is -0.126. The predicted molar refractivity (Wildman–Crippen MR) is 106 cm³/mol. The number of nitrogens with zero attached hydrogens (tertiary/aromatic N) is 1. The molecule has 150 valence electrons. The van der Waals surface area contributed by atoms with Crippen molar-refractivity contribution < 1.29 is 18.7 Å². The fourth-order valence-corrected chi connectivity index (χ4v) is 3.38. The molecule has 2 heterocycles. The molecule has 1 aliphatic rings. The van der Waals surface area contributed by atoms with E-state index in [9.17, 15) is 9.59 Å². The van der Waals surface area contributed by atoms with E-state index in [1.54, 1.807) is 17.0 Å². The Hall–Kier alpha value is -2.76. The summed E-state index contributed by atoms with van der Waals surface area (Å²) in [7, 11) is 0. The molecule has 2 amide bonds. The van der Waals surface area contributed by atoms with E-state index in [0.717, 1.165) is 17.7 Å². The van der Waals surface area contributed by atoms with Crippen LogP contribution in [0.5, 0.6) is 5.75 Å². The average molecular weight is 384 g/mol. The molecule has 3 rings (SSSR count). The summed E-state index contributed by atoms with van der Waals surface area (Å²) in [5.41, 5.74) is 1.16. The van der Waals surface area contributed by atoms with E-state index in [1.165, 1.54) is 6.26 Å². The molecule has 1 aliphatic heterocycles. The minimum absolute atomic E-state index is 0.0394. The van der Waals surface area contributed by atoms with Gasteiger partial charge in [-0.1, -0.05) is 12.1 Å². The van der Waals surface area contributed by atoms with E-state index in [0.29, 0.717) is 38.2 Å². The maximum atomic E-state index is 12.4. The number of carbonyl (C=O) groups excluding carboxylic acids is 2. The lowest BCUT2D eigenvalue weighted by Gasteiger charge is -2.30. The van der Waals surface area contributed by atoms with Gasteiger partial charge in [-0.25, -0.2) is 0 Å². The lowest BCUT2D eigenvalue weighted by atomic mass is 9.95. The van der Waals surface area contributed by atoms with Crippen LogP contribution in [0.15, 0.2) is 47.1 Å². The van der Waals surface area contributed by atoms with Gasteiger partial charge in [0.25, 0.3) is 5.91 Å². The zero-order valence-corrected chi connectivity index (χ0v) is 16.5. The molecule has 0 spiro atoms. The Balaban J connectivity index is 1.38. The van der Waals surface area contributed by atoms with Gasteiger partial charge in [-0.3, -0.25) is 9.59 Å². The Morgan fingerprint density at radius 3 is 2.50 bits per heavy atom. The van der Waals surface area contributed by atoms with Crippen molar-refractivity contribution >= 4 is 11.8 Å². The second kappa shape index (κ2) is 9.44. The van der Waals surface area contributed by atoms with Gasteiger partial charge in [0, 0.05) is 25.6 Å². The number of ether oxygens (including phenoxy) is 1. The molecule has 6 heteroatoms. The zero-order chi connectivity index (χ0) is 19.9. The summed E-state index contributed by atoms with van der Waals surface area (Å²) in [5.74, 6) is 1.15. The lowest BCUT2D eigenvalue weighted by Crippen LogP contribution is -2.43. The highest BCUT2D eigenvalue weighted by molar-refractivity contribution is 5.91. The Morgan fingerprint density at radius 2 is 1.89 bits per heavy atom. The second-order valence-electron chi connectivity index (χ2n) is 7.40. The summed E-state index contributed by atoms with van der Waals surface area (Å²) in [6, 6.07) is 11.4. The highest BCUT2D eigenvalue weighted by Crippen LogP contribution is 2.19. The molecule has 0 unspecified atom stereocenters. The van der Waals surface area contributed by atoms with Gasteiger partial charge in [0.05, 0.1) is 12.4 Å². The summed E-state index contributed by atoms with van der Waals surface area (Å²) in [5, 5.41) is 3.03. The molecule has 0 bridgehead atoms. The van der Waals surface area contributed by atoms with E-state index < -0.39 is 0 Å². The number of benzene rings is 1. The Bertz CT molecular complexity index is 760. The van der Waals surface area contributed by atoms with Crippen LogP contribution in [0.1, 0.15) is 42.8 Å². The molecule has 1 N–H and O–H groups in total. The maximum Gasteiger partial charge on any atom is 0.289 e. The highest BCUT2D eigenvalue weighted by Gasteiger charge is 2.28. The third-order valence-electron chi connectivity index (χ3n) is 4.89. The quantitative estimate of drug-likeness (QED) is 0.795. The van der Waals surface area contributed by atoms with E-state index >= 15 is 0 Å². The van der Waals surface area contributed by atoms with Crippen molar-refractivity contribution in [2.45, 2.75) is 39.2 Å². The Morgan fingerprint density at radius 1 is 1.18 bits per heavy atom. The third kappa shape index (κ3) is 5.38. The molecular formula is C22H28N2O4. The van der Waals surface area contributed by atoms with E-state index in [-0.39, 0.29) is 23.8 Å². The van der Waals surface area contributed by atoms with Gasteiger partial charge in [0.15, 0.2) is 5.76 Å². The first-order valence-electron chi connectivity index (χ1n) is 9.89. The number of hydrogen-bond acceptors (Lipinski definition) is 4. The van der Waals surface area contributed by atoms with Crippen LogP contribution in [0.2, 0.25) is 0 Å². The van der Waals surface area contributed by atoms with E-state index in [2.05, 4.69) is 5.32 Å². The smallest absolute Gasteiger partial charge is 0.289 e. The van der Waals surface area contributed by atoms with Crippen LogP contribution >= 0.6 is 0 Å². The number of piperidine rings is 1. The van der Waals surface area contributed by atoms with Crippen molar-refractivity contribution in [2.75, 3.05) is 19.6 Å². The summed E-state index contributed by atoms with van der Waals surface area (Å²) >= 11 is 0. The number of rotatable bonds is 7. The summed E-state index contributed by atoms with van der Waals surface area (Å²) in [6.45, 7) is 5.76. The number of amides is 2. The topological polar surface area (TPSA) is 71.8 Å². The molecule has 0 saturated carbocycles. The first-order chi connectivity index (χ1) is 13.5. The number of carbonyl (C=O) groups is 2. The molecule has 1 fully saturated rings. The zero-order valence-electron chi connectivity index (χ0n) is 16.5. The number of furan rings is 1. The average Bonchev–Trinajstić information content (AvgIpc) is 3.23. The van der Waals surface area contributed by atoms with Crippen molar-refractivity contribution in [1.82, 2.24) is 10.2 Å². The predicted octanol–water partition coefficient (Wildman–Crippen LogP) is 3.28. The van der Waals surface area contributed by atoms with Crippen molar-refractivity contribution in [3.63, 3.8) is 0 Å². The summed E-state index contributed by atoms with van der Waals surface area (Å²) in [6.07, 6.45) is 3.80. The van der Waals surface area contributed by atoms with Gasteiger partial charge in [-0.2, -0.15) is 0 Å². The number of hydrogen-bond donors (Lipinski definition) is 1. The third-order valence-corrected chi connectivity index (χ3v) is 4.89. The molecular weight excluding hydrogens is 356 g/mol. The van der Waals surface area contributed by atoms with Crippen LogP contribution in [0, 0.1) is 5.92 Å². The standard InChI is InChI=1S/C22H28N2O4/c1-16(2)28-19-7-5-17(6-8-19)9-12-23-21(25)18-10-13-24(14-11-18)22(26)20-4-3-15-27-20/h3-8,15-16,18H,9-14H2,1-2H3,(H,23,25). The normalized spacial score (nSPS) is 14.9. The second-order valence-corrected chi connectivity index (χ2v) is 7.40. The number of likely N-dealkylation sites (tertiary alicyclic amines) is 1. The molecule has 1 aromatic carbocycles. The van der Waals surface area contributed by atoms with Crippen LogP contribution < -0.4 is 10.1 Å². The van der Waals surface area contributed by atoms with Gasteiger partial charge in [-0.05, 0) is 62.9 Å². The highest BCUT2D eigenvalue weighted by atomic mass is 16.5. The molecule has 0 aliphatic carbocycles. The Labute approximate surface area is 165 Å². The fourth-order valence-electron chi connectivity index (χ4n) is 3.38. The van der Waals surface area contributed by atoms with Crippen molar-refractivity contribution in [3.05, 3.63) is 54.0 Å². The molecule has 1 aromatic heterocycles. The van der Waals surface area contributed by atoms with Gasteiger partial charge < -0.3 is 19.4 Å². The first kappa shape index (κ1) is 20.0. The fraction of sp³-hybridized carbons (Fsp3) is 0.455.